The van der Waals surface area contributed by atoms with E-state index in [1.165, 1.54) is 5.01 Å². The van der Waals surface area contributed by atoms with E-state index >= 15 is 0 Å². The first-order valence-corrected chi connectivity index (χ1v) is 6.56. The zero-order valence-electron chi connectivity index (χ0n) is 8.00. The molecule has 0 spiro atoms. The average Bonchev–Trinajstić information content (AvgIpc) is 2.45. The van der Waals surface area contributed by atoms with Gasteiger partial charge in [0.05, 0.1) is 12.1 Å². The van der Waals surface area contributed by atoms with Gasteiger partial charge in [0.2, 0.25) is 0 Å². The number of hydrogen-bond donors (Lipinski definition) is 0. The second-order valence-corrected chi connectivity index (χ2v) is 5.72. The number of rotatable bonds is 1. The summed E-state index contributed by atoms with van der Waals surface area (Å²) in [6.45, 7) is 1.87. The van der Waals surface area contributed by atoms with Crippen LogP contribution in [-0.2, 0) is 4.79 Å². The summed E-state index contributed by atoms with van der Waals surface area (Å²) in [5.41, 5.74) is 1.74. The Kier molecular flexibility index (Phi) is 3.29. The van der Waals surface area contributed by atoms with Crippen LogP contribution in [0.1, 0.15) is 13.3 Å². The van der Waals surface area contributed by atoms with Crippen LogP contribution in [0.25, 0.3) is 0 Å². The van der Waals surface area contributed by atoms with E-state index in [9.17, 15) is 4.79 Å². The van der Waals surface area contributed by atoms with Crippen molar-refractivity contribution in [3.63, 3.8) is 0 Å². The Morgan fingerprint density at radius 1 is 1.40 bits per heavy atom. The van der Waals surface area contributed by atoms with Gasteiger partial charge in [-0.05, 0) is 70.3 Å². The molecule has 0 unspecified atom stereocenters. The fraction of sp³-hybridized carbons (Fsp3) is 0.200. The molecule has 2 rings (SSSR count). The minimum absolute atomic E-state index is 0.0478. The van der Waals surface area contributed by atoms with E-state index < -0.39 is 0 Å². The highest BCUT2D eigenvalue weighted by atomic mass is 127. The molecule has 5 heteroatoms. The predicted octanol–water partition coefficient (Wildman–Crippen LogP) is 3.01. The van der Waals surface area contributed by atoms with Gasteiger partial charge in [0, 0.05) is 12.9 Å². The molecule has 0 aromatic heterocycles. The maximum absolute atomic E-state index is 11.6. The van der Waals surface area contributed by atoms with E-state index in [0.717, 1.165) is 18.5 Å². The molecular formula is C10H8I2N2O. The van der Waals surface area contributed by atoms with Gasteiger partial charge in [0.25, 0.3) is 5.91 Å². The lowest BCUT2D eigenvalue weighted by Crippen LogP contribution is -2.20. The number of carbonyl (C=O) groups is 1. The van der Waals surface area contributed by atoms with Crippen LogP contribution in [0.2, 0.25) is 0 Å². The molecule has 1 amide bonds. The average molecular weight is 426 g/mol. The van der Waals surface area contributed by atoms with Crippen molar-refractivity contribution in [2.75, 3.05) is 5.01 Å². The van der Waals surface area contributed by atoms with Gasteiger partial charge >= 0.3 is 0 Å². The summed E-state index contributed by atoms with van der Waals surface area (Å²) >= 11 is 4.48. The largest absolute Gasteiger partial charge is 0.272 e. The lowest BCUT2D eigenvalue weighted by molar-refractivity contribution is -0.116. The molecule has 1 heterocycles. The maximum atomic E-state index is 11.6. The van der Waals surface area contributed by atoms with E-state index in [-0.39, 0.29) is 5.91 Å². The zero-order valence-corrected chi connectivity index (χ0v) is 12.3. The summed E-state index contributed by atoms with van der Waals surface area (Å²) in [4.78, 5) is 11.6. The molecule has 0 aliphatic carbocycles. The van der Waals surface area contributed by atoms with Gasteiger partial charge in [-0.25, -0.2) is 0 Å². The molecule has 1 aliphatic rings. The van der Waals surface area contributed by atoms with Gasteiger partial charge < -0.3 is 0 Å². The van der Waals surface area contributed by atoms with Gasteiger partial charge in [-0.3, -0.25) is 4.79 Å². The van der Waals surface area contributed by atoms with Crippen molar-refractivity contribution in [1.29, 1.82) is 0 Å². The molecule has 0 atom stereocenters. The molecule has 1 aromatic rings. The van der Waals surface area contributed by atoms with E-state index in [0.29, 0.717) is 6.42 Å². The molecule has 0 radical (unpaired) electrons. The number of benzene rings is 1. The number of halogens is 2. The lowest BCUT2D eigenvalue weighted by Gasteiger charge is -2.13. The van der Waals surface area contributed by atoms with Crippen molar-refractivity contribution in [3.8, 4) is 0 Å². The first-order chi connectivity index (χ1) is 7.08. The lowest BCUT2D eigenvalue weighted by atomic mass is 10.3. The third-order valence-electron chi connectivity index (χ3n) is 2.05. The van der Waals surface area contributed by atoms with Crippen molar-refractivity contribution < 1.29 is 4.79 Å². The van der Waals surface area contributed by atoms with Gasteiger partial charge in [0.15, 0.2) is 0 Å². The summed E-state index contributed by atoms with van der Waals surface area (Å²) in [6.07, 6.45) is 0.433. The summed E-state index contributed by atoms with van der Waals surface area (Å²) in [6, 6.07) is 5.95. The number of nitrogens with zero attached hydrogens (tertiary/aromatic N) is 2. The van der Waals surface area contributed by atoms with E-state index in [2.05, 4.69) is 50.3 Å². The molecular weight excluding hydrogens is 418 g/mol. The fourth-order valence-corrected chi connectivity index (χ4v) is 3.23. The topological polar surface area (TPSA) is 32.7 Å². The quantitative estimate of drug-likeness (QED) is 0.636. The Morgan fingerprint density at radius 2 is 2.13 bits per heavy atom. The normalized spacial score (nSPS) is 15.8. The third kappa shape index (κ3) is 2.32. The summed E-state index contributed by atoms with van der Waals surface area (Å²) in [5, 5.41) is 5.72. The van der Waals surface area contributed by atoms with Gasteiger partial charge in [-0.15, -0.1) is 0 Å². The van der Waals surface area contributed by atoms with Crippen molar-refractivity contribution in [2.24, 2.45) is 5.10 Å². The second kappa shape index (κ2) is 4.36. The minimum atomic E-state index is 0.0478. The van der Waals surface area contributed by atoms with Crippen LogP contribution in [-0.4, -0.2) is 11.6 Å². The van der Waals surface area contributed by atoms with E-state index in [1.807, 2.05) is 25.1 Å². The van der Waals surface area contributed by atoms with Crippen LogP contribution in [0.3, 0.4) is 0 Å². The van der Waals surface area contributed by atoms with Gasteiger partial charge in [-0.2, -0.15) is 10.1 Å². The summed E-state index contributed by atoms with van der Waals surface area (Å²) in [5.74, 6) is 0.0478. The highest BCUT2D eigenvalue weighted by Gasteiger charge is 2.24. The highest BCUT2D eigenvalue weighted by Crippen LogP contribution is 2.27. The first-order valence-electron chi connectivity index (χ1n) is 4.40. The minimum Gasteiger partial charge on any atom is -0.272 e. The summed E-state index contributed by atoms with van der Waals surface area (Å²) in [7, 11) is 0. The Bertz CT molecular complexity index is 457. The highest BCUT2D eigenvalue weighted by molar-refractivity contribution is 14.1. The first kappa shape index (κ1) is 11.3. The number of hydrazone groups is 1. The fourth-order valence-electron chi connectivity index (χ4n) is 1.40. The zero-order chi connectivity index (χ0) is 11.0. The molecule has 0 fully saturated rings. The smallest absolute Gasteiger partial charge is 0.253 e. The molecule has 0 saturated heterocycles. The van der Waals surface area contributed by atoms with Crippen LogP contribution in [0.15, 0.2) is 23.3 Å². The standard InChI is InChI=1S/C10H8I2N2O/c1-6-4-10(15)14(13-6)9-3-2-7(11)5-8(9)12/h2-3,5H,4H2,1H3. The summed E-state index contributed by atoms with van der Waals surface area (Å²) < 4.78 is 2.21. The van der Waals surface area contributed by atoms with Crippen molar-refractivity contribution >= 4 is 62.5 Å². The van der Waals surface area contributed by atoms with Crippen molar-refractivity contribution in [2.45, 2.75) is 13.3 Å². The number of carbonyl (C=O) groups excluding carboxylic acids is 1. The third-order valence-corrected chi connectivity index (χ3v) is 3.59. The monoisotopic (exact) mass is 426 g/mol. The van der Waals surface area contributed by atoms with Gasteiger partial charge in [0.1, 0.15) is 0 Å². The number of hydrogen-bond acceptors (Lipinski definition) is 2. The molecule has 3 nitrogen and oxygen atoms in total. The van der Waals surface area contributed by atoms with Gasteiger partial charge in [-0.1, -0.05) is 0 Å². The Labute approximate surface area is 115 Å². The molecule has 0 bridgehead atoms. The number of anilines is 1. The van der Waals surface area contributed by atoms with E-state index in [1.54, 1.807) is 0 Å². The molecule has 1 aliphatic heterocycles. The second-order valence-electron chi connectivity index (χ2n) is 3.31. The Hall–Kier alpha value is -0.180. The number of amides is 1. The molecule has 1 aromatic carbocycles. The van der Waals surface area contributed by atoms with Crippen molar-refractivity contribution in [3.05, 3.63) is 25.3 Å². The predicted molar refractivity (Wildman–Crippen MR) is 77.1 cm³/mol. The van der Waals surface area contributed by atoms with Crippen LogP contribution >= 0.6 is 45.2 Å². The maximum Gasteiger partial charge on any atom is 0.253 e. The van der Waals surface area contributed by atoms with Crippen LogP contribution in [0.5, 0.6) is 0 Å². The molecule has 0 N–H and O–H groups in total. The van der Waals surface area contributed by atoms with Crippen LogP contribution in [0.4, 0.5) is 5.69 Å². The SMILES string of the molecule is CC1=NN(c2ccc(I)cc2I)C(=O)C1. The molecule has 0 saturated carbocycles. The Morgan fingerprint density at radius 3 is 2.67 bits per heavy atom. The van der Waals surface area contributed by atoms with E-state index in [4.69, 9.17) is 0 Å². The van der Waals surface area contributed by atoms with Crippen LogP contribution in [0, 0.1) is 7.14 Å². The van der Waals surface area contributed by atoms with Crippen LogP contribution < -0.4 is 5.01 Å². The van der Waals surface area contributed by atoms with Crippen molar-refractivity contribution in [1.82, 2.24) is 0 Å². The molecule has 15 heavy (non-hydrogen) atoms. The molecule has 78 valence electrons. The Balaban J connectivity index is 2.42.